The minimum atomic E-state index is -0.337. The van der Waals surface area contributed by atoms with Crippen molar-refractivity contribution >= 4 is 44.4 Å². The molecule has 0 saturated carbocycles. The van der Waals surface area contributed by atoms with Gasteiger partial charge in [0.05, 0.1) is 6.33 Å². The first-order valence-corrected chi connectivity index (χ1v) is 9.87. The van der Waals surface area contributed by atoms with Gasteiger partial charge in [-0.1, -0.05) is 12.1 Å². The van der Waals surface area contributed by atoms with Crippen molar-refractivity contribution in [2.75, 3.05) is 31.1 Å². The van der Waals surface area contributed by atoms with Gasteiger partial charge in [0.25, 0.3) is 5.56 Å². The minimum Gasteiger partial charge on any atom is -0.448 e. The number of rotatable bonds is 3. The highest BCUT2D eigenvalue weighted by Crippen LogP contribution is 2.24. The van der Waals surface area contributed by atoms with Crippen molar-refractivity contribution in [2.45, 2.75) is 6.54 Å². The van der Waals surface area contributed by atoms with Gasteiger partial charge in [0.1, 0.15) is 17.6 Å². The van der Waals surface area contributed by atoms with Crippen LogP contribution in [-0.4, -0.2) is 51.5 Å². The molecule has 0 aliphatic carbocycles. The van der Waals surface area contributed by atoms with Gasteiger partial charge in [0, 0.05) is 43.1 Å². The van der Waals surface area contributed by atoms with Crippen molar-refractivity contribution in [1.82, 2.24) is 19.4 Å². The lowest BCUT2D eigenvalue weighted by Gasteiger charge is -2.34. The van der Waals surface area contributed by atoms with E-state index >= 15 is 0 Å². The van der Waals surface area contributed by atoms with E-state index in [0.717, 1.165) is 23.6 Å². The topological polar surface area (TPSA) is 84.5 Å². The molecule has 28 heavy (non-hydrogen) atoms. The molecule has 0 bridgehead atoms. The Hall–Kier alpha value is -3.20. The molecular formula is C19H17N5O3S. The monoisotopic (exact) mass is 395 g/mol. The van der Waals surface area contributed by atoms with E-state index in [2.05, 4.69) is 14.9 Å². The molecule has 1 aliphatic rings. The lowest BCUT2D eigenvalue weighted by atomic mass is 10.2. The lowest BCUT2D eigenvalue weighted by Crippen LogP contribution is -2.50. The van der Waals surface area contributed by atoms with Gasteiger partial charge in [0.2, 0.25) is 11.5 Å². The maximum absolute atomic E-state index is 12.8. The Balaban J connectivity index is 1.34. The molecule has 1 amide bonds. The van der Waals surface area contributed by atoms with E-state index in [0.29, 0.717) is 24.2 Å². The third-order valence-electron chi connectivity index (χ3n) is 4.98. The second-order valence-electron chi connectivity index (χ2n) is 6.64. The number of carbonyl (C=O) groups excluding carboxylic acids is 1. The standard InChI is InChI=1S/C19H17N5O3S/c25-15(22-6-8-23(9-7-22)19-20-5-10-28-19)11-24-12-21-16-13-3-1-2-4-14(13)27-17(16)18(24)26/h1-5,10,12H,6-9,11H2. The minimum absolute atomic E-state index is 0.0456. The zero-order valence-corrected chi connectivity index (χ0v) is 15.8. The van der Waals surface area contributed by atoms with Gasteiger partial charge in [-0.3, -0.25) is 14.2 Å². The summed E-state index contributed by atoms with van der Waals surface area (Å²) < 4.78 is 6.99. The van der Waals surface area contributed by atoms with Crippen LogP contribution in [0.1, 0.15) is 0 Å². The van der Waals surface area contributed by atoms with Crippen molar-refractivity contribution in [2.24, 2.45) is 0 Å². The number of para-hydroxylation sites is 1. The molecule has 0 atom stereocenters. The number of benzene rings is 1. The van der Waals surface area contributed by atoms with Crippen LogP contribution in [0.5, 0.6) is 0 Å². The number of carbonyl (C=O) groups is 1. The Morgan fingerprint density at radius 2 is 1.96 bits per heavy atom. The summed E-state index contributed by atoms with van der Waals surface area (Å²) in [7, 11) is 0. The number of fused-ring (bicyclic) bond motifs is 3. The second kappa shape index (κ2) is 6.75. The molecular weight excluding hydrogens is 378 g/mol. The molecule has 0 N–H and O–H groups in total. The fourth-order valence-electron chi connectivity index (χ4n) is 3.49. The highest BCUT2D eigenvalue weighted by atomic mass is 32.1. The van der Waals surface area contributed by atoms with Gasteiger partial charge >= 0.3 is 0 Å². The number of hydrogen-bond donors (Lipinski definition) is 0. The third-order valence-corrected chi connectivity index (χ3v) is 5.81. The quantitative estimate of drug-likeness (QED) is 0.527. The largest absolute Gasteiger partial charge is 0.448 e. The second-order valence-corrected chi connectivity index (χ2v) is 7.51. The maximum atomic E-state index is 12.8. The normalized spacial score (nSPS) is 14.9. The summed E-state index contributed by atoms with van der Waals surface area (Å²) in [6.07, 6.45) is 3.21. The Bertz CT molecular complexity index is 1210. The number of hydrogen-bond acceptors (Lipinski definition) is 7. The molecule has 0 radical (unpaired) electrons. The van der Waals surface area contributed by atoms with E-state index in [4.69, 9.17) is 4.42 Å². The summed E-state index contributed by atoms with van der Waals surface area (Å²) >= 11 is 1.59. The first-order valence-electron chi connectivity index (χ1n) is 8.99. The van der Waals surface area contributed by atoms with Crippen LogP contribution in [0.4, 0.5) is 5.13 Å². The summed E-state index contributed by atoms with van der Waals surface area (Å²) in [6.45, 7) is 2.63. The van der Waals surface area contributed by atoms with Crippen molar-refractivity contribution < 1.29 is 9.21 Å². The molecule has 1 aliphatic heterocycles. The van der Waals surface area contributed by atoms with Crippen LogP contribution in [0, 0.1) is 0 Å². The Morgan fingerprint density at radius 1 is 1.14 bits per heavy atom. The molecule has 9 heteroatoms. The summed E-state index contributed by atoms with van der Waals surface area (Å²) in [5.41, 5.74) is 0.993. The molecule has 8 nitrogen and oxygen atoms in total. The third kappa shape index (κ3) is 2.84. The summed E-state index contributed by atoms with van der Waals surface area (Å²) in [5.74, 6) is -0.0989. The molecule has 4 heterocycles. The molecule has 0 spiro atoms. The average molecular weight is 395 g/mol. The van der Waals surface area contributed by atoms with Gasteiger partial charge in [-0.25, -0.2) is 9.97 Å². The summed E-state index contributed by atoms with van der Waals surface area (Å²) in [6, 6.07) is 7.39. The molecule has 1 fully saturated rings. The van der Waals surface area contributed by atoms with Crippen LogP contribution < -0.4 is 10.5 Å². The molecule has 142 valence electrons. The van der Waals surface area contributed by atoms with Crippen molar-refractivity contribution in [3.05, 3.63) is 52.5 Å². The van der Waals surface area contributed by atoms with E-state index in [1.54, 1.807) is 28.5 Å². The van der Waals surface area contributed by atoms with Gasteiger partial charge in [0.15, 0.2) is 5.13 Å². The Kier molecular flexibility index (Phi) is 4.09. The number of anilines is 1. The first kappa shape index (κ1) is 16.9. The number of piperazine rings is 1. The van der Waals surface area contributed by atoms with Gasteiger partial charge in [-0.15, -0.1) is 11.3 Å². The smallest absolute Gasteiger partial charge is 0.297 e. The fraction of sp³-hybridized carbons (Fsp3) is 0.263. The van der Waals surface area contributed by atoms with Crippen molar-refractivity contribution in [3.63, 3.8) is 0 Å². The lowest BCUT2D eigenvalue weighted by molar-refractivity contribution is -0.132. The zero-order chi connectivity index (χ0) is 19.1. The predicted octanol–water partition coefficient (Wildman–Crippen LogP) is 1.95. The first-order chi connectivity index (χ1) is 13.7. The number of furan rings is 1. The Labute approximate surface area is 163 Å². The number of nitrogens with zero attached hydrogens (tertiary/aromatic N) is 5. The highest BCUT2D eigenvalue weighted by Gasteiger charge is 2.23. The molecule has 5 rings (SSSR count). The molecule has 1 saturated heterocycles. The van der Waals surface area contributed by atoms with Gasteiger partial charge in [-0.05, 0) is 12.1 Å². The summed E-state index contributed by atoms with van der Waals surface area (Å²) in [4.78, 5) is 38.1. The van der Waals surface area contributed by atoms with Crippen LogP contribution in [0.2, 0.25) is 0 Å². The zero-order valence-electron chi connectivity index (χ0n) is 14.9. The molecule has 3 aromatic heterocycles. The van der Waals surface area contributed by atoms with E-state index in [1.165, 1.54) is 10.9 Å². The van der Waals surface area contributed by atoms with Crippen LogP contribution in [0.25, 0.3) is 22.1 Å². The van der Waals surface area contributed by atoms with Crippen molar-refractivity contribution in [1.29, 1.82) is 0 Å². The predicted molar refractivity (Wildman–Crippen MR) is 107 cm³/mol. The number of thiazole rings is 1. The number of amides is 1. The van der Waals surface area contributed by atoms with Gasteiger partial charge in [-0.2, -0.15) is 0 Å². The Morgan fingerprint density at radius 3 is 2.75 bits per heavy atom. The SMILES string of the molecule is O=C(Cn1cnc2c(oc3ccccc32)c1=O)N1CCN(c2nccs2)CC1. The van der Waals surface area contributed by atoms with E-state index in [-0.39, 0.29) is 23.6 Å². The highest BCUT2D eigenvalue weighted by molar-refractivity contribution is 7.13. The maximum Gasteiger partial charge on any atom is 0.297 e. The van der Waals surface area contributed by atoms with Gasteiger partial charge < -0.3 is 14.2 Å². The van der Waals surface area contributed by atoms with E-state index in [1.807, 2.05) is 23.6 Å². The average Bonchev–Trinajstić information content (AvgIpc) is 3.38. The summed E-state index contributed by atoms with van der Waals surface area (Å²) in [5, 5.41) is 3.72. The van der Waals surface area contributed by atoms with Crippen LogP contribution in [-0.2, 0) is 11.3 Å². The fourth-order valence-corrected chi connectivity index (χ4v) is 4.19. The van der Waals surface area contributed by atoms with Crippen LogP contribution in [0.15, 0.2) is 51.4 Å². The van der Waals surface area contributed by atoms with Crippen LogP contribution >= 0.6 is 11.3 Å². The van der Waals surface area contributed by atoms with Crippen LogP contribution in [0.3, 0.4) is 0 Å². The van der Waals surface area contributed by atoms with Crippen molar-refractivity contribution in [3.8, 4) is 0 Å². The molecule has 1 aromatic carbocycles. The van der Waals surface area contributed by atoms with E-state index in [9.17, 15) is 9.59 Å². The molecule has 4 aromatic rings. The number of aromatic nitrogens is 3. The van der Waals surface area contributed by atoms with E-state index < -0.39 is 0 Å². The molecule has 0 unspecified atom stereocenters.